The van der Waals surface area contributed by atoms with Crippen molar-refractivity contribution in [3.8, 4) is 23.1 Å². The number of hydrogen-bond acceptors (Lipinski definition) is 5. The van der Waals surface area contributed by atoms with Crippen molar-refractivity contribution in [1.82, 2.24) is 29.9 Å². The number of rotatable bonds is 2. The van der Waals surface area contributed by atoms with Gasteiger partial charge in [-0.3, -0.25) is 4.98 Å². The largest absolute Gasteiger partial charge is 0.345 e. The molecule has 0 unspecified atom stereocenters. The van der Waals surface area contributed by atoms with Gasteiger partial charge in [0.1, 0.15) is 17.5 Å². The molecular formula is C15H9N7. The maximum Gasteiger partial charge on any atom is 0.133 e. The SMILES string of the molecule is N#Cc1cccnc1-c1cn(-c2ccc3nc[nH]c3c2)nn1. The van der Waals surface area contributed by atoms with Crippen LogP contribution in [-0.4, -0.2) is 29.9 Å². The summed E-state index contributed by atoms with van der Waals surface area (Å²) in [5, 5.41) is 17.4. The van der Waals surface area contributed by atoms with Gasteiger partial charge in [-0.15, -0.1) is 5.10 Å². The van der Waals surface area contributed by atoms with Crippen molar-refractivity contribution in [3.63, 3.8) is 0 Å². The number of imidazole rings is 1. The van der Waals surface area contributed by atoms with Gasteiger partial charge in [-0.05, 0) is 30.3 Å². The number of pyridine rings is 1. The van der Waals surface area contributed by atoms with Gasteiger partial charge in [0.25, 0.3) is 0 Å². The summed E-state index contributed by atoms with van der Waals surface area (Å²) in [7, 11) is 0. The summed E-state index contributed by atoms with van der Waals surface area (Å²) < 4.78 is 1.64. The summed E-state index contributed by atoms with van der Waals surface area (Å²) in [4.78, 5) is 11.5. The summed E-state index contributed by atoms with van der Waals surface area (Å²) in [6.07, 6.45) is 5.03. The van der Waals surface area contributed by atoms with Gasteiger partial charge < -0.3 is 4.98 Å². The van der Waals surface area contributed by atoms with E-state index < -0.39 is 0 Å². The van der Waals surface area contributed by atoms with E-state index in [4.69, 9.17) is 5.26 Å². The second-order valence-corrected chi connectivity index (χ2v) is 4.66. The summed E-state index contributed by atoms with van der Waals surface area (Å²) in [6, 6.07) is 11.3. The molecule has 3 heterocycles. The first-order chi connectivity index (χ1) is 10.8. The molecule has 1 aromatic carbocycles. The Kier molecular flexibility index (Phi) is 2.66. The van der Waals surface area contributed by atoms with Gasteiger partial charge >= 0.3 is 0 Å². The molecule has 0 spiro atoms. The molecule has 0 saturated carbocycles. The first kappa shape index (κ1) is 12.2. The van der Waals surface area contributed by atoms with E-state index in [2.05, 4.69) is 31.3 Å². The first-order valence-electron chi connectivity index (χ1n) is 6.56. The number of nitrogens with zero attached hydrogens (tertiary/aromatic N) is 6. The van der Waals surface area contributed by atoms with E-state index >= 15 is 0 Å². The molecule has 0 aliphatic rings. The van der Waals surface area contributed by atoms with Crippen molar-refractivity contribution in [2.45, 2.75) is 0 Å². The van der Waals surface area contributed by atoms with Crippen LogP contribution >= 0.6 is 0 Å². The minimum atomic E-state index is 0.471. The van der Waals surface area contributed by atoms with Crippen LogP contribution in [0.1, 0.15) is 5.56 Å². The lowest BCUT2D eigenvalue weighted by atomic mass is 10.2. The zero-order chi connectivity index (χ0) is 14.9. The van der Waals surface area contributed by atoms with Gasteiger partial charge in [-0.25, -0.2) is 9.67 Å². The third-order valence-electron chi connectivity index (χ3n) is 3.33. The Morgan fingerprint density at radius 3 is 3.05 bits per heavy atom. The van der Waals surface area contributed by atoms with Gasteiger partial charge in [0.05, 0.1) is 34.8 Å². The Morgan fingerprint density at radius 2 is 2.14 bits per heavy atom. The van der Waals surface area contributed by atoms with Crippen LogP contribution in [0.5, 0.6) is 0 Å². The second kappa shape index (κ2) is 4.79. The van der Waals surface area contributed by atoms with Gasteiger partial charge in [-0.2, -0.15) is 5.26 Å². The molecule has 0 aliphatic heterocycles. The van der Waals surface area contributed by atoms with Crippen LogP contribution in [0.15, 0.2) is 49.1 Å². The van der Waals surface area contributed by atoms with Crippen molar-refractivity contribution in [2.75, 3.05) is 0 Å². The third-order valence-corrected chi connectivity index (χ3v) is 3.33. The number of aromatic nitrogens is 6. The van der Waals surface area contributed by atoms with E-state index in [0.717, 1.165) is 16.7 Å². The van der Waals surface area contributed by atoms with Crippen LogP contribution in [0.4, 0.5) is 0 Å². The first-order valence-corrected chi connectivity index (χ1v) is 6.56. The lowest BCUT2D eigenvalue weighted by Gasteiger charge is -1.99. The smallest absolute Gasteiger partial charge is 0.133 e. The summed E-state index contributed by atoms with van der Waals surface area (Å²) in [5.41, 5.74) is 4.22. The molecule has 7 heteroatoms. The Morgan fingerprint density at radius 1 is 1.18 bits per heavy atom. The molecular weight excluding hydrogens is 278 g/mol. The highest BCUT2D eigenvalue weighted by Crippen LogP contribution is 2.20. The molecule has 104 valence electrons. The Labute approximate surface area is 124 Å². The molecule has 7 nitrogen and oxygen atoms in total. The predicted octanol–water partition coefficient (Wildman–Crippen LogP) is 2.08. The van der Waals surface area contributed by atoms with E-state index in [0.29, 0.717) is 17.0 Å². The monoisotopic (exact) mass is 287 g/mol. The van der Waals surface area contributed by atoms with E-state index in [9.17, 15) is 0 Å². The normalized spacial score (nSPS) is 10.7. The topological polar surface area (TPSA) is 96.1 Å². The van der Waals surface area contributed by atoms with Crippen LogP contribution in [0, 0.1) is 11.3 Å². The molecule has 4 aromatic rings. The summed E-state index contributed by atoms with van der Waals surface area (Å²) >= 11 is 0. The molecule has 3 aromatic heterocycles. The average Bonchev–Trinajstić information content (AvgIpc) is 3.23. The molecule has 4 rings (SSSR count). The second-order valence-electron chi connectivity index (χ2n) is 4.66. The van der Waals surface area contributed by atoms with Crippen molar-refractivity contribution in [1.29, 1.82) is 5.26 Å². The maximum atomic E-state index is 9.14. The van der Waals surface area contributed by atoms with Gasteiger partial charge in [0.15, 0.2) is 0 Å². The number of nitrogens with one attached hydrogen (secondary N) is 1. The number of aromatic amines is 1. The number of benzene rings is 1. The summed E-state index contributed by atoms with van der Waals surface area (Å²) in [5.74, 6) is 0. The van der Waals surface area contributed by atoms with Crippen LogP contribution in [0.3, 0.4) is 0 Å². The Bertz CT molecular complexity index is 1010. The molecule has 0 atom stereocenters. The van der Waals surface area contributed by atoms with Crippen LogP contribution in [0.25, 0.3) is 28.1 Å². The zero-order valence-electron chi connectivity index (χ0n) is 11.3. The molecule has 0 amide bonds. The third kappa shape index (κ3) is 1.91. The number of hydrogen-bond donors (Lipinski definition) is 1. The highest BCUT2D eigenvalue weighted by molar-refractivity contribution is 5.76. The molecule has 1 N–H and O–H groups in total. The van der Waals surface area contributed by atoms with E-state index in [1.165, 1.54) is 0 Å². The maximum absolute atomic E-state index is 9.14. The zero-order valence-corrected chi connectivity index (χ0v) is 11.3. The van der Waals surface area contributed by atoms with Crippen molar-refractivity contribution in [3.05, 3.63) is 54.6 Å². The standard InChI is InChI=1S/C15H9N7/c16-7-10-2-1-5-17-15(10)14-8-22(21-20-14)11-3-4-12-13(6-11)19-9-18-12/h1-6,8-9H,(H,18,19). The Hall–Kier alpha value is -3.53. The number of nitriles is 1. The number of fused-ring (bicyclic) bond motifs is 1. The van der Waals surface area contributed by atoms with E-state index in [1.54, 1.807) is 35.5 Å². The van der Waals surface area contributed by atoms with Gasteiger partial charge in [-0.1, -0.05) is 5.21 Å². The fraction of sp³-hybridized carbons (Fsp3) is 0. The molecule has 0 saturated heterocycles. The van der Waals surface area contributed by atoms with Gasteiger partial charge in [0, 0.05) is 6.20 Å². The molecule has 0 radical (unpaired) electrons. The fourth-order valence-corrected chi connectivity index (χ4v) is 2.26. The van der Waals surface area contributed by atoms with Crippen LogP contribution in [-0.2, 0) is 0 Å². The quantitative estimate of drug-likeness (QED) is 0.609. The fourth-order valence-electron chi connectivity index (χ4n) is 2.26. The molecule has 0 bridgehead atoms. The van der Waals surface area contributed by atoms with E-state index in [1.807, 2.05) is 18.2 Å². The van der Waals surface area contributed by atoms with Crippen molar-refractivity contribution in [2.24, 2.45) is 0 Å². The van der Waals surface area contributed by atoms with Crippen LogP contribution < -0.4 is 0 Å². The van der Waals surface area contributed by atoms with E-state index in [-0.39, 0.29) is 0 Å². The van der Waals surface area contributed by atoms with Crippen LogP contribution in [0.2, 0.25) is 0 Å². The minimum absolute atomic E-state index is 0.471. The lowest BCUT2D eigenvalue weighted by Crippen LogP contribution is -1.94. The van der Waals surface area contributed by atoms with Crippen molar-refractivity contribution >= 4 is 11.0 Å². The minimum Gasteiger partial charge on any atom is -0.345 e. The number of H-pyrrole nitrogens is 1. The molecule has 0 aliphatic carbocycles. The summed E-state index contributed by atoms with van der Waals surface area (Å²) in [6.45, 7) is 0. The average molecular weight is 287 g/mol. The van der Waals surface area contributed by atoms with Crippen molar-refractivity contribution < 1.29 is 0 Å². The highest BCUT2D eigenvalue weighted by atomic mass is 15.4. The molecule has 22 heavy (non-hydrogen) atoms. The van der Waals surface area contributed by atoms with Gasteiger partial charge in [0.2, 0.25) is 0 Å². The Balaban J connectivity index is 1.79. The highest BCUT2D eigenvalue weighted by Gasteiger charge is 2.11. The lowest BCUT2D eigenvalue weighted by molar-refractivity contribution is 0.804. The predicted molar refractivity (Wildman–Crippen MR) is 79.0 cm³/mol. The molecule has 0 fully saturated rings.